The van der Waals surface area contributed by atoms with Crippen LogP contribution in [-0.4, -0.2) is 11.1 Å². The largest absolute Gasteiger partial charge is 0.481 e. The Labute approximate surface area is 97.2 Å². The van der Waals surface area contributed by atoms with E-state index in [4.69, 9.17) is 10.8 Å². The maximum atomic E-state index is 10.7. The molecule has 3 N–H and O–H groups in total. The molecule has 0 bridgehead atoms. The first-order chi connectivity index (χ1) is 7.68. The summed E-state index contributed by atoms with van der Waals surface area (Å²) in [7, 11) is 0. The number of nitrogen functional groups attached to an aromatic ring is 1. The Kier molecular flexibility index (Phi) is 2.92. The Morgan fingerprint density at radius 1 is 1.31 bits per heavy atom. The lowest BCUT2D eigenvalue weighted by atomic mass is 10.1. The fraction of sp³-hybridized carbons (Fsp3) is 0.0833. The SMILES string of the molecule is Nc1ccccc1-c1sccc1CC(=O)O. The Bertz CT molecular complexity index is 519. The lowest BCUT2D eigenvalue weighted by Crippen LogP contribution is -2.00. The number of nitrogens with two attached hydrogens (primary N) is 1. The van der Waals surface area contributed by atoms with Crippen LogP contribution in [0.1, 0.15) is 5.56 Å². The van der Waals surface area contributed by atoms with E-state index in [0.717, 1.165) is 16.0 Å². The van der Waals surface area contributed by atoms with Crippen LogP contribution >= 0.6 is 11.3 Å². The Morgan fingerprint density at radius 2 is 2.06 bits per heavy atom. The number of para-hydroxylation sites is 1. The summed E-state index contributed by atoms with van der Waals surface area (Å²) in [6.07, 6.45) is 0.0349. The van der Waals surface area contributed by atoms with Gasteiger partial charge in [0, 0.05) is 16.1 Å². The first-order valence-corrected chi connectivity index (χ1v) is 5.69. The molecule has 2 rings (SSSR count). The van der Waals surface area contributed by atoms with Gasteiger partial charge in [-0.1, -0.05) is 18.2 Å². The second kappa shape index (κ2) is 4.37. The molecule has 82 valence electrons. The first kappa shape index (κ1) is 10.7. The lowest BCUT2D eigenvalue weighted by Gasteiger charge is -2.05. The van der Waals surface area contributed by atoms with Crippen molar-refractivity contribution in [3.8, 4) is 10.4 Å². The van der Waals surface area contributed by atoms with Crippen LogP contribution in [0.4, 0.5) is 5.69 Å². The van der Waals surface area contributed by atoms with Gasteiger partial charge < -0.3 is 10.8 Å². The van der Waals surface area contributed by atoms with E-state index in [1.165, 1.54) is 11.3 Å². The Morgan fingerprint density at radius 3 is 2.75 bits per heavy atom. The molecule has 0 amide bonds. The third-order valence-corrected chi connectivity index (χ3v) is 3.28. The quantitative estimate of drug-likeness (QED) is 0.801. The van der Waals surface area contributed by atoms with Crippen LogP contribution < -0.4 is 5.73 Å². The highest BCUT2D eigenvalue weighted by Gasteiger charge is 2.11. The minimum absolute atomic E-state index is 0.0349. The van der Waals surface area contributed by atoms with Crippen molar-refractivity contribution in [1.29, 1.82) is 0 Å². The molecule has 0 spiro atoms. The summed E-state index contributed by atoms with van der Waals surface area (Å²) >= 11 is 1.52. The molecule has 0 aliphatic carbocycles. The molecular weight excluding hydrogens is 222 g/mol. The maximum absolute atomic E-state index is 10.7. The maximum Gasteiger partial charge on any atom is 0.307 e. The van der Waals surface area contributed by atoms with Crippen molar-refractivity contribution in [2.75, 3.05) is 5.73 Å². The smallest absolute Gasteiger partial charge is 0.307 e. The van der Waals surface area contributed by atoms with Crippen LogP contribution in [0.5, 0.6) is 0 Å². The summed E-state index contributed by atoms with van der Waals surface area (Å²) in [6, 6.07) is 9.33. The number of benzene rings is 1. The van der Waals surface area contributed by atoms with Crippen LogP contribution in [0.15, 0.2) is 35.7 Å². The van der Waals surface area contributed by atoms with E-state index in [-0.39, 0.29) is 6.42 Å². The van der Waals surface area contributed by atoms with Crippen molar-refractivity contribution in [2.45, 2.75) is 6.42 Å². The van der Waals surface area contributed by atoms with Gasteiger partial charge in [-0.2, -0.15) is 0 Å². The molecule has 2 aromatic rings. The summed E-state index contributed by atoms with van der Waals surface area (Å²) in [5, 5.41) is 10.7. The fourth-order valence-corrected chi connectivity index (χ4v) is 2.55. The normalized spacial score (nSPS) is 10.2. The van der Waals surface area contributed by atoms with Crippen molar-refractivity contribution in [2.24, 2.45) is 0 Å². The first-order valence-electron chi connectivity index (χ1n) is 4.81. The number of anilines is 1. The van der Waals surface area contributed by atoms with Gasteiger partial charge in [0.2, 0.25) is 0 Å². The predicted molar refractivity (Wildman–Crippen MR) is 65.5 cm³/mol. The zero-order valence-electron chi connectivity index (χ0n) is 8.51. The molecule has 1 aromatic carbocycles. The molecule has 3 nitrogen and oxygen atoms in total. The molecule has 0 fully saturated rings. The Hall–Kier alpha value is -1.81. The molecule has 4 heteroatoms. The number of hydrogen-bond donors (Lipinski definition) is 2. The summed E-state index contributed by atoms with van der Waals surface area (Å²) in [5.74, 6) is -0.825. The molecule has 0 atom stereocenters. The fourth-order valence-electron chi connectivity index (χ4n) is 1.58. The minimum atomic E-state index is -0.825. The van der Waals surface area contributed by atoms with Crippen molar-refractivity contribution in [3.63, 3.8) is 0 Å². The van der Waals surface area contributed by atoms with Crippen molar-refractivity contribution in [3.05, 3.63) is 41.3 Å². The standard InChI is InChI=1S/C12H11NO2S/c13-10-4-2-1-3-9(10)12-8(5-6-16-12)7-11(14)15/h1-6H,7,13H2,(H,14,15). The van der Waals surface area contributed by atoms with Gasteiger partial charge in [-0.3, -0.25) is 4.79 Å². The zero-order chi connectivity index (χ0) is 11.5. The van der Waals surface area contributed by atoms with E-state index >= 15 is 0 Å². The van der Waals surface area contributed by atoms with Crippen molar-refractivity contribution < 1.29 is 9.90 Å². The van der Waals surface area contributed by atoms with E-state index in [2.05, 4.69) is 0 Å². The minimum Gasteiger partial charge on any atom is -0.481 e. The molecule has 0 unspecified atom stereocenters. The number of thiophene rings is 1. The van der Waals surface area contributed by atoms with Gasteiger partial charge in [-0.25, -0.2) is 0 Å². The third kappa shape index (κ3) is 2.06. The average Bonchev–Trinajstić information content (AvgIpc) is 2.66. The van der Waals surface area contributed by atoms with Crippen LogP contribution in [0.3, 0.4) is 0 Å². The highest BCUT2D eigenvalue weighted by Crippen LogP contribution is 2.33. The van der Waals surface area contributed by atoms with E-state index in [1.54, 1.807) is 0 Å². The second-order valence-electron chi connectivity index (χ2n) is 3.43. The summed E-state index contributed by atoms with van der Waals surface area (Å²) in [6.45, 7) is 0. The molecule has 0 radical (unpaired) electrons. The predicted octanol–water partition coefficient (Wildman–Crippen LogP) is 2.62. The molecule has 0 aliphatic heterocycles. The average molecular weight is 233 g/mol. The van der Waals surface area contributed by atoms with Crippen LogP contribution in [-0.2, 0) is 11.2 Å². The van der Waals surface area contributed by atoms with Gasteiger partial charge in [-0.05, 0) is 23.1 Å². The molecular formula is C12H11NO2S. The van der Waals surface area contributed by atoms with Gasteiger partial charge >= 0.3 is 5.97 Å². The van der Waals surface area contributed by atoms with E-state index in [0.29, 0.717) is 5.69 Å². The highest BCUT2D eigenvalue weighted by atomic mass is 32.1. The van der Waals surface area contributed by atoms with Gasteiger partial charge in [-0.15, -0.1) is 11.3 Å². The number of carboxylic acids is 1. The van der Waals surface area contributed by atoms with Gasteiger partial charge in [0.05, 0.1) is 6.42 Å². The van der Waals surface area contributed by atoms with E-state index < -0.39 is 5.97 Å². The lowest BCUT2D eigenvalue weighted by molar-refractivity contribution is -0.136. The van der Waals surface area contributed by atoms with Gasteiger partial charge in [0.15, 0.2) is 0 Å². The second-order valence-corrected chi connectivity index (χ2v) is 4.35. The molecule has 0 saturated heterocycles. The van der Waals surface area contributed by atoms with E-state index in [1.807, 2.05) is 35.7 Å². The van der Waals surface area contributed by atoms with Crippen LogP contribution in [0.2, 0.25) is 0 Å². The summed E-state index contributed by atoms with van der Waals surface area (Å²) < 4.78 is 0. The van der Waals surface area contributed by atoms with Gasteiger partial charge in [0.1, 0.15) is 0 Å². The Balaban J connectivity index is 2.45. The highest BCUT2D eigenvalue weighted by molar-refractivity contribution is 7.13. The molecule has 1 aromatic heterocycles. The van der Waals surface area contributed by atoms with Crippen molar-refractivity contribution in [1.82, 2.24) is 0 Å². The molecule has 1 heterocycles. The zero-order valence-corrected chi connectivity index (χ0v) is 9.33. The van der Waals surface area contributed by atoms with Crippen LogP contribution in [0, 0.1) is 0 Å². The number of carbonyl (C=O) groups is 1. The topological polar surface area (TPSA) is 63.3 Å². The molecule has 16 heavy (non-hydrogen) atoms. The van der Waals surface area contributed by atoms with Gasteiger partial charge in [0.25, 0.3) is 0 Å². The number of rotatable bonds is 3. The summed E-state index contributed by atoms with van der Waals surface area (Å²) in [5.41, 5.74) is 8.27. The number of aliphatic carboxylic acids is 1. The molecule has 0 saturated carbocycles. The summed E-state index contributed by atoms with van der Waals surface area (Å²) in [4.78, 5) is 11.7. The van der Waals surface area contributed by atoms with Crippen LogP contribution in [0.25, 0.3) is 10.4 Å². The third-order valence-electron chi connectivity index (χ3n) is 2.29. The van der Waals surface area contributed by atoms with E-state index in [9.17, 15) is 4.79 Å². The number of carboxylic acid groups (broad SMARTS) is 1. The number of hydrogen-bond acceptors (Lipinski definition) is 3. The van der Waals surface area contributed by atoms with Crippen molar-refractivity contribution >= 4 is 23.0 Å². The molecule has 0 aliphatic rings. The monoisotopic (exact) mass is 233 g/mol.